The minimum atomic E-state index is -0.370. The molecular weight excluding hydrogens is 322 g/mol. The van der Waals surface area contributed by atoms with Crippen LogP contribution in [-0.2, 0) is 4.74 Å². The largest absolute Gasteiger partial charge is 0.465 e. The third kappa shape index (κ3) is 2.77. The molecule has 2 aromatic heterocycles. The van der Waals surface area contributed by atoms with Crippen LogP contribution in [0.5, 0.6) is 11.5 Å². The van der Waals surface area contributed by atoms with E-state index in [1.165, 1.54) is 18.4 Å². The average Bonchev–Trinajstić information content (AvgIpc) is 2.95. The van der Waals surface area contributed by atoms with E-state index in [0.29, 0.717) is 21.4 Å². The first-order chi connectivity index (χ1) is 10.6. The number of carbonyl (C=O) groups excluding carboxylic acids is 1. The van der Waals surface area contributed by atoms with Crippen LogP contribution in [0.1, 0.15) is 15.2 Å². The Hall–Kier alpha value is -2.11. The molecule has 3 aromatic rings. The van der Waals surface area contributed by atoms with Crippen molar-refractivity contribution in [3.63, 3.8) is 0 Å². The average molecular weight is 334 g/mol. The fraction of sp³-hybridized carbons (Fsp3) is 0.125. The van der Waals surface area contributed by atoms with Crippen molar-refractivity contribution in [3.05, 3.63) is 52.1 Å². The molecule has 0 atom stereocenters. The highest BCUT2D eigenvalue weighted by molar-refractivity contribution is 7.20. The lowest BCUT2D eigenvalue weighted by molar-refractivity contribution is 0.0606. The van der Waals surface area contributed by atoms with Gasteiger partial charge >= 0.3 is 5.97 Å². The lowest BCUT2D eigenvalue weighted by Gasteiger charge is -2.07. The summed E-state index contributed by atoms with van der Waals surface area (Å²) in [7, 11) is 1.36. The van der Waals surface area contributed by atoms with Crippen molar-refractivity contribution >= 4 is 39.0 Å². The lowest BCUT2D eigenvalue weighted by Crippen LogP contribution is -1.96. The van der Waals surface area contributed by atoms with Gasteiger partial charge in [-0.25, -0.2) is 4.79 Å². The summed E-state index contributed by atoms with van der Waals surface area (Å²) in [5.74, 6) is 0.824. The number of methoxy groups -OCH3 is 1. The van der Waals surface area contributed by atoms with Gasteiger partial charge in [0, 0.05) is 16.6 Å². The van der Waals surface area contributed by atoms with Crippen molar-refractivity contribution < 1.29 is 14.3 Å². The molecule has 0 saturated carbocycles. The first kappa shape index (κ1) is 14.8. The zero-order valence-electron chi connectivity index (χ0n) is 11.9. The minimum Gasteiger partial charge on any atom is -0.465 e. The van der Waals surface area contributed by atoms with Gasteiger partial charge in [0.2, 0.25) is 0 Å². The molecule has 6 heteroatoms. The van der Waals surface area contributed by atoms with Crippen molar-refractivity contribution in [2.24, 2.45) is 0 Å². The molecule has 0 spiro atoms. The first-order valence-corrected chi connectivity index (χ1v) is 7.68. The number of rotatable bonds is 3. The molecule has 0 amide bonds. The highest BCUT2D eigenvalue weighted by atomic mass is 35.5. The minimum absolute atomic E-state index is 0.370. The first-order valence-electron chi connectivity index (χ1n) is 6.48. The van der Waals surface area contributed by atoms with E-state index in [1.54, 1.807) is 24.5 Å². The number of aryl methyl sites for hydroxylation is 1. The van der Waals surface area contributed by atoms with Gasteiger partial charge in [-0.15, -0.1) is 11.3 Å². The van der Waals surface area contributed by atoms with Gasteiger partial charge in [-0.2, -0.15) is 0 Å². The second-order valence-electron chi connectivity index (χ2n) is 4.66. The maximum atomic E-state index is 11.6. The maximum Gasteiger partial charge on any atom is 0.348 e. The number of pyridine rings is 1. The second-order valence-corrected chi connectivity index (χ2v) is 6.16. The molecule has 0 radical (unpaired) electrons. The number of aromatic nitrogens is 1. The predicted molar refractivity (Wildman–Crippen MR) is 87.2 cm³/mol. The molecule has 1 aromatic carbocycles. The van der Waals surface area contributed by atoms with E-state index in [1.807, 2.05) is 19.1 Å². The Morgan fingerprint density at radius 1 is 1.27 bits per heavy atom. The van der Waals surface area contributed by atoms with Gasteiger partial charge in [0.25, 0.3) is 0 Å². The Labute approximate surface area is 136 Å². The van der Waals surface area contributed by atoms with Crippen molar-refractivity contribution in [3.8, 4) is 11.5 Å². The topological polar surface area (TPSA) is 48.4 Å². The van der Waals surface area contributed by atoms with Gasteiger partial charge in [-0.3, -0.25) is 4.98 Å². The van der Waals surface area contributed by atoms with Crippen molar-refractivity contribution in [2.45, 2.75) is 6.92 Å². The van der Waals surface area contributed by atoms with Crippen molar-refractivity contribution in [2.75, 3.05) is 7.11 Å². The van der Waals surface area contributed by atoms with Gasteiger partial charge in [0.05, 0.1) is 18.0 Å². The smallest absolute Gasteiger partial charge is 0.348 e. The molecule has 2 heterocycles. The van der Waals surface area contributed by atoms with Crippen LogP contribution < -0.4 is 4.74 Å². The molecule has 0 aliphatic rings. The van der Waals surface area contributed by atoms with E-state index >= 15 is 0 Å². The van der Waals surface area contributed by atoms with E-state index in [2.05, 4.69) is 4.98 Å². The van der Waals surface area contributed by atoms with Crippen LogP contribution in [0.2, 0.25) is 5.02 Å². The number of thiophene rings is 1. The van der Waals surface area contributed by atoms with E-state index in [0.717, 1.165) is 15.6 Å². The van der Waals surface area contributed by atoms with Crippen molar-refractivity contribution in [1.29, 1.82) is 0 Å². The number of nitrogens with zero attached hydrogens (tertiary/aromatic N) is 1. The summed E-state index contributed by atoms with van der Waals surface area (Å²) in [5, 5.41) is 1.45. The van der Waals surface area contributed by atoms with Gasteiger partial charge in [-0.05, 0) is 30.7 Å². The Morgan fingerprint density at radius 2 is 2.09 bits per heavy atom. The standard InChI is InChI=1S/C16H12ClNO3S/c1-9-3-4-10(5-12(9)17)21-13-7-18-8-15-11(13)6-14(22-15)16(19)20-2/h3-8H,1-2H3. The number of halogens is 1. The molecule has 0 aliphatic carbocycles. The third-order valence-corrected chi connectivity index (χ3v) is 4.62. The Bertz CT molecular complexity index is 860. The number of ether oxygens (including phenoxy) is 2. The summed E-state index contributed by atoms with van der Waals surface area (Å²) in [4.78, 5) is 16.3. The van der Waals surface area contributed by atoms with Crippen LogP contribution in [0.4, 0.5) is 0 Å². The number of esters is 1. The molecule has 3 rings (SSSR count). The van der Waals surface area contributed by atoms with Crippen LogP contribution in [-0.4, -0.2) is 18.1 Å². The van der Waals surface area contributed by atoms with Gasteiger partial charge in [-0.1, -0.05) is 17.7 Å². The van der Waals surface area contributed by atoms with E-state index in [9.17, 15) is 4.79 Å². The van der Waals surface area contributed by atoms with Crippen LogP contribution in [0.15, 0.2) is 36.7 Å². The molecule has 0 fully saturated rings. The van der Waals surface area contributed by atoms with Crippen LogP contribution >= 0.6 is 22.9 Å². The molecule has 112 valence electrons. The Balaban J connectivity index is 2.01. The van der Waals surface area contributed by atoms with Gasteiger partial charge < -0.3 is 9.47 Å². The maximum absolute atomic E-state index is 11.6. The summed E-state index contributed by atoms with van der Waals surface area (Å²) >= 11 is 7.43. The number of hydrogen-bond acceptors (Lipinski definition) is 5. The SMILES string of the molecule is COC(=O)c1cc2c(Oc3ccc(C)c(Cl)c3)cncc2s1. The van der Waals surface area contributed by atoms with Crippen LogP contribution in [0.3, 0.4) is 0 Å². The molecule has 0 bridgehead atoms. The Kier molecular flexibility index (Phi) is 4.00. The van der Waals surface area contributed by atoms with E-state index < -0.39 is 0 Å². The molecular formula is C16H12ClNO3S. The summed E-state index contributed by atoms with van der Waals surface area (Å²) in [6, 6.07) is 7.23. The summed E-state index contributed by atoms with van der Waals surface area (Å²) in [5.41, 5.74) is 0.980. The molecule has 0 N–H and O–H groups in total. The predicted octanol–water partition coefficient (Wildman–Crippen LogP) is 4.84. The highest BCUT2D eigenvalue weighted by Crippen LogP contribution is 2.35. The van der Waals surface area contributed by atoms with E-state index in [4.69, 9.17) is 21.1 Å². The van der Waals surface area contributed by atoms with Gasteiger partial charge in [0.15, 0.2) is 5.75 Å². The molecule has 4 nitrogen and oxygen atoms in total. The van der Waals surface area contributed by atoms with Crippen molar-refractivity contribution in [1.82, 2.24) is 4.98 Å². The zero-order chi connectivity index (χ0) is 15.7. The number of hydrogen-bond donors (Lipinski definition) is 0. The summed E-state index contributed by atoms with van der Waals surface area (Å²) < 4.78 is 11.5. The molecule has 0 saturated heterocycles. The van der Waals surface area contributed by atoms with Crippen LogP contribution in [0.25, 0.3) is 10.1 Å². The zero-order valence-corrected chi connectivity index (χ0v) is 13.5. The quantitative estimate of drug-likeness (QED) is 0.644. The second kappa shape index (κ2) is 5.94. The number of carbonyl (C=O) groups is 1. The summed E-state index contributed by atoms with van der Waals surface area (Å²) in [6.45, 7) is 1.93. The summed E-state index contributed by atoms with van der Waals surface area (Å²) in [6.07, 6.45) is 3.31. The number of fused-ring (bicyclic) bond motifs is 1. The third-order valence-electron chi connectivity index (χ3n) is 3.17. The molecule has 22 heavy (non-hydrogen) atoms. The fourth-order valence-electron chi connectivity index (χ4n) is 1.98. The number of benzene rings is 1. The molecule has 0 unspecified atom stereocenters. The monoisotopic (exact) mass is 333 g/mol. The highest BCUT2D eigenvalue weighted by Gasteiger charge is 2.14. The normalized spacial score (nSPS) is 10.7. The van der Waals surface area contributed by atoms with Crippen LogP contribution in [0, 0.1) is 6.92 Å². The lowest BCUT2D eigenvalue weighted by atomic mass is 10.2. The van der Waals surface area contributed by atoms with E-state index in [-0.39, 0.29) is 5.97 Å². The van der Waals surface area contributed by atoms with Gasteiger partial charge in [0.1, 0.15) is 10.6 Å². The fourth-order valence-corrected chi connectivity index (χ4v) is 3.12. The molecule has 0 aliphatic heterocycles. The Morgan fingerprint density at radius 3 is 2.82 bits per heavy atom.